The SMILES string of the molecule is Cc1ccc(C(C)N(C)C(=O)CCCCl)s1. The minimum absolute atomic E-state index is 0.154. The third kappa shape index (κ3) is 3.49. The molecule has 1 aromatic rings. The Bertz CT molecular complexity index is 351. The van der Waals surface area contributed by atoms with Crippen LogP contribution in [0.1, 0.15) is 35.6 Å². The first kappa shape index (κ1) is 13.5. The van der Waals surface area contributed by atoms with Gasteiger partial charge < -0.3 is 4.90 Å². The highest BCUT2D eigenvalue weighted by Gasteiger charge is 2.17. The van der Waals surface area contributed by atoms with Gasteiger partial charge in [-0.25, -0.2) is 0 Å². The van der Waals surface area contributed by atoms with Crippen LogP contribution in [-0.2, 0) is 4.79 Å². The monoisotopic (exact) mass is 259 g/mol. The Morgan fingerprint density at radius 3 is 2.75 bits per heavy atom. The van der Waals surface area contributed by atoms with Crippen molar-refractivity contribution in [2.24, 2.45) is 0 Å². The predicted molar refractivity (Wildman–Crippen MR) is 70.2 cm³/mol. The van der Waals surface area contributed by atoms with Crippen molar-refractivity contribution in [1.29, 1.82) is 0 Å². The van der Waals surface area contributed by atoms with Crippen molar-refractivity contribution in [2.45, 2.75) is 32.7 Å². The van der Waals surface area contributed by atoms with Crippen molar-refractivity contribution in [3.63, 3.8) is 0 Å². The first-order chi connectivity index (χ1) is 7.56. The number of carbonyl (C=O) groups is 1. The largest absolute Gasteiger partial charge is 0.338 e. The summed E-state index contributed by atoms with van der Waals surface area (Å²) in [6.45, 7) is 4.14. The van der Waals surface area contributed by atoms with Crippen molar-refractivity contribution in [3.05, 3.63) is 21.9 Å². The van der Waals surface area contributed by atoms with E-state index in [0.717, 1.165) is 6.42 Å². The molecule has 0 fully saturated rings. The van der Waals surface area contributed by atoms with Crippen molar-refractivity contribution in [1.82, 2.24) is 4.90 Å². The molecule has 2 nitrogen and oxygen atoms in total. The van der Waals surface area contributed by atoms with Gasteiger partial charge in [0.25, 0.3) is 0 Å². The number of halogens is 1. The van der Waals surface area contributed by atoms with E-state index in [1.807, 2.05) is 7.05 Å². The van der Waals surface area contributed by atoms with E-state index in [9.17, 15) is 4.79 Å². The molecular formula is C12H18ClNOS. The Hall–Kier alpha value is -0.540. The van der Waals surface area contributed by atoms with Crippen LogP contribution in [0.2, 0.25) is 0 Å². The van der Waals surface area contributed by atoms with Gasteiger partial charge in [-0.2, -0.15) is 0 Å². The van der Waals surface area contributed by atoms with E-state index < -0.39 is 0 Å². The molecule has 0 aromatic carbocycles. The molecule has 0 aliphatic rings. The fraction of sp³-hybridized carbons (Fsp3) is 0.583. The first-order valence-corrected chi connectivity index (χ1v) is 6.79. The Morgan fingerprint density at radius 2 is 2.25 bits per heavy atom. The van der Waals surface area contributed by atoms with Crippen LogP contribution < -0.4 is 0 Å². The summed E-state index contributed by atoms with van der Waals surface area (Å²) in [4.78, 5) is 16.1. The summed E-state index contributed by atoms with van der Waals surface area (Å²) in [7, 11) is 1.86. The van der Waals surface area contributed by atoms with Crippen LogP contribution in [0.4, 0.5) is 0 Å². The van der Waals surface area contributed by atoms with Gasteiger partial charge in [-0.3, -0.25) is 4.79 Å². The Kier molecular flexibility index (Phi) is 5.29. The standard InChI is InChI=1S/C12H18ClNOS/c1-9-6-7-11(16-9)10(2)14(3)12(15)5-4-8-13/h6-7,10H,4-5,8H2,1-3H3. The molecule has 1 rings (SSSR count). The Labute approximate surface area is 106 Å². The maximum atomic E-state index is 11.8. The molecule has 1 amide bonds. The maximum Gasteiger partial charge on any atom is 0.222 e. The quantitative estimate of drug-likeness (QED) is 0.740. The van der Waals surface area contributed by atoms with Gasteiger partial charge in [-0.1, -0.05) is 0 Å². The second-order valence-corrected chi connectivity index (χ2v) is 5.62. The second-order valence-electron chi connectivity index (χ2n) is 3.92. The van der Waals surface area contributed by atoms with Gasteiger partial charge in [0.05, 0.1) is 6.04 Å². The van der Waals surface area contributed by atoms with Crippen LogP contribution >= 0.6 is 22.9 Å². The Balaban J connectivity index is 2.59. The number of hydrogen-bond acceptors (Lipinski definition) is 2. The molecule has 16 heavy (non-hydrogen) atoms. The summed E-state index contributed by atoms with van der Waals surface area (Å²) in [5.41, 5.74) is 0. The molecule has 0 N–H and O–H groups in total. The highest BCUT2D eigenvalue weighted by Crippen LogP contribution is 2.26. The maximum absolute atomic E-state index is 11.8. The second kappa shape index (κ2) is 6.26. The number of aryl methyl sites for hydroxylation is 1. The number of amides is 1. The Morgan fingerprint density at radius 1 is 1.56 bits per heavy atom. The van der Waals surface area contributed by atoms with Gasteiger partial charge >= 0.3 is 0 Å². The summed E-state index contributed by atoms with van der Waals surface area (Å²) in [5.74, 6) is 0.714. The summed E-state index contributed by atoms with van der Waals surface area (Å²) in [6.07, 6.45) is 1.29. The van der Waals surface area contributed by atoms with Gasteiger partial charge in [-0.05, 0) is 32.4 Å². The van der Waals surface area contributed by atoms with E-state index in [1.54, 1.807) is 16.2 Å². The van der Waals surface area contributed by atoms with Gasteiger partial charge in [0.1, 0.15) is 0 Å². The smallest absolute Gasteiger partial charge is 0.222 e. The van der Waals surface area contributed by atoms with Crippen LogP contribution in [0.15, 0.2) is 12.1 Å². The van der Waals surface area contributed by atoms with Crippen molar-refractivity contribution >= 4 is 28.8 Å². The summed E-state index contributed by atoms with van der Waals surface area (Å²) >= 11 is 7.33. The minimum atomic E-state index is 0.154. The highest BCUT2D eigenvalue weighted by molar-refractivity contribution is 7.12. The van der Waals surface area contributed by atoms with E-state index in [1.165, 1.54) is 9.75 Å². The average Bonchev–Trinajstić information content (AvgIpc) is 2.70. The van der Waals surface area contributed by atoms with Gasteiger partial charge in [0.15, 0.2) is 0 Å². The van der Waals surface area contributed by atoms with Crippen LogP contribution in [0.25, 0.3) is 0 Å². The fourth-order valence-corrected chi connectivity index (χ4v) is 2.59. The molecule has 0 saturated carbocycles. The van der Waals surface area contributed by atoms with Crippen molar-refractivity contribution < 1.29 is 4.79 Å². The normalized spacial score (nSPS) is 12.5. The van der Waals surface area contributed by atoms with E-state index in [2.05, 4.69) is 26.0 Å². The third-order valence-corrected chi connectivity index (χ3v) is 4.11. The predicted octanol–water partition coefficient (Wildman–Crippen LogP) is 3.59. The number of carbonyl (C=O) groups excluding carboxylic acids is 1. The first-order valence-electron chi connectivity index (χ1n) is 5.44. The molecule has 0 saturated heterocycles. The minimum Gasteiger partial charge on any atom is -0.338 e. The molecule has 0 bridgehead atoms. The van der Waals surface area contributed by atoms with E-state index >= 15 is 0 Å². The number of alkyl halides is 1. The van der Waals surface area contributed by atoms with Crippen LogP contribution in [-0.4, -0.2) is 23.7 Å². The molecule has 4 heteroatoms. The topological polar surface area (TPSA) is 20.3 Å². The number of hydrogen-bond donors (Lipinski definition) is 0. The molecule has 0 spiro atoms. The summed E-state index contributed by atoms with van der Waals surface area (Å²) < 4.78 is 0. The van der Waals surface area contributed by atoms with E-state index in [4.69, 9.17) is 11.6 Å². The molecule has 1 heterocycles. The van der Waals surface area contributed by atoms with E-state index in [0.29, 0.717) is 12.3 Å². The van der Waals surface area contributed by atoms with Crippen molar-refractivity contribution in [2.75, 3.05) is 12.9 Å². The molecule has 0 aliphatic carbocycles. The van der Waals surface area contributed by atoms with Crippen LogP contribution in [0.5, 0.6) is 0 Å². The zero-order valence-electron chi connectivity index (χ0n) is 10.00. The number of nitrogens with zero attached hydrogens (tertiary/aromatic N) is 1. The molecule has 1 aromatic heterocycles. The van der Waals surface area contributed by atoms with E-state index in [-0.39, 0.29) is 11.9 Å². The molecular weight excluding hydrogens is 242 g/mol. The molecule has 1 atom stereocenters. The van der Waals surface area contributed by atoms with Crippen molar-refractivity contribution in [3.8, 4) is 0 Å². The van der Waals surface area contributed by atoms with Gasteiger partial charge in [0, 0.05) is 29.1 Å². The zero-order valence-corrected chi connectivity index (χ0v) is 11.6. The zero-order chi connectivity index (χ0) is 12.1. The van der Waals surface area contributed by atoms with Crippen LogP contribution in [0.3, 0.4) is 0 Å². The average molecular weight is 260 g/mol. The highest BCUT2D eigenvalue weighted by atomic mass is 35.5. The summed E-state index contributed by atoms with van der Waals surface area (Å²) in [6, 6.07) is 4.34. The van der Waals surface area contributed by atoms with Gasteiger partial charge in [0.2, 0.25) is 5.91 Å². The summed E-state index contributed by atoms with van der Waals surface area (Å²) in [5, 5.41) is 0. The number of thiophene rings is 1. The lowest BCUT2D eigenvalue weighted by Crippen LogP contribution is -2.29. The lowest BCUT2D eigenvalue weighted by Gasteiger charge is -2.24. The molecule has 1 unspecified atom stereocenters. The fourth-order valence-electron chi connectivity index (χ4n) is 1.48. The molecule has 0 radical (unpaired) electrons. The lowest BCUT2D eigenvalue weighted by atomic mass is 10.2. The molecule has 90 valence electrons. The van der Waals surface area contributed by atoms with Gasteiger partial charge in [-0.15, -0.1) is 22.9 Å². The third-order valence-electron chi connectivity index (χ3n) is 2.67. The number of rotatable bonds is 5. The lowest BCUT2D eigenvalue weighted by molar-refractivity contribution is -0.131. The molecule has 0 aliphatic heterocycles. The van der Waals surface area contributed by atoms with Crippen LogP contribution in [0, 0.1) is 6.92 Å².